The lowest BCUT2D eigenvalue weighted by Crippen LogP contribution is -2.10. The monoisotopic (exact) mass is 441 g/mol. The lowest BCUT2D eigenvalue weighted by molar-refractivity contribution is -0.111. The van der Waals surface area contributed by atoms with Crippen LogP contribution in [0.5, 0.6) is 0 Å². The third-order valence-electron chi connectivity index (χ3n) is 4.28. The molecule has 2 aromatic carbocycles. The van der Waals surface area contributed by atoms with Gasteiger partial charge in [-0.15, -0.1) is 0 Å². The Kier molecular flexibility index (Phi) is 6.41. The summed E-state index contributed by atoms with van der Waals surface area (Å²) in [6.07, 6.45) is 4.92. The molecule has 0 bridgehead atoms. The van der Waals surface area contributed by atoms with E-state index in [9.17, 15) is 9.18 Å². The van der Waals surface area contributed by atoms with Crippen LogP contribution in [0.2, 0.25) is 0 Å². The van der Waals surface area contributed by atoms with Crippen molar-refractivity contribution in [3.8, 4) is 0 Å². The minimum absolute atomic E-state index is 0.277. The molecule has 0 aliphatic heterocycles. The molecule has 0 aliphatic rings. The van der Waals surface area contributed by atoms with Crippen molar-refractivity contribution in [1.82, 2.24) is 9.78 Å². The standard InChI is InChI=1S/C22H21BrFN3O/c1-15(2)17-10-7-16(8-11-17)9-12-21(28)25-22-19(23)14-27(26-22)13-18-5-3-4-6-20(18)24/h3-12,14-15H,13H2,1-2H3,(H,25,26,28)/b12-9+. The quantitative estimate of drug-likeness (QED) is 0.505. The van der Waals surface area contributed by atoms with Crippen molar-refractivity contribution in [1.29, 1.82) is 0 Å². The van der Waals surface area contributed by atoms with Gasteiger partial charge in [0, 0.05) is 17.8 Å². The largest absolute Gasteiger partial charge is 0.305 e. The molecule has 0 atom stereocenters. The molecular formula is C22H21BrFN3O. The fraction of sp³-hybridized carbons (Fsp3) is 0.182. The zero-order valence-electron chi connectivity index (χ0n) is 15.7. The van der Waals surface area contributed by atoms with Crippen LogP contribution < -0.4 is 5.32 Å². The number of nitrogens with one attached hydrogen (secondary N) is 1. The molecule has 0 saturated carbocycles. The summed E-state index contributed by atoms with van der Waals surface area (Å²) in [6.45, 7) is 4.56. The van der Waals surface area contributed by atoms with Crippen LogP contribution in [0.15, 0.2) is 65.3 Å². The Morgan fingerprint density at radius 2 is 1.93 bits per heavy atom. The first-order valence-electron chi connectivity index (χ1n) is 8.98. The minimum atomic E-state index is -0.287. The number of carbonyl (C=O) groups is 1. The SMILES string of the molecule is CC(C)c1ccc(/C=C/C(=O)Nc2nn(Cc3ccccc3F)cc2Br)cc1. The molecule has 0 saturated heterocycles. The predicted molar refractivity (Wildman–Crippen MR) is 114 cm³/mol. The summed E-state index contributed by atoms with van der Waals surface area (Å²) in [5.74, 6) is 0.287. The summed E-state index contributed by atoms with van der Waals surface area (Å²) in [6, 6.07) is 14.6. The smallest absolute Gasteiger partial charge is 0.249 e. The normalized spacial score (nSPS) is 11.3. The van der Waals surface area contributed by atoms with Gasteiger partial charge in [0.1, 0.15) is 5.82 Å². The van der Waals surface area contributed by atoms with Gasteiger partial charge in [0.25, 0.3) is 0 Å². The van der Waals surface area contributed by atoms with E-state index < -0.39 is 0 Å². The second kappa shape index (κ2) is 8.97. The predicted octanol–water partition coefficient (Wildman–Crippen LogP) is 5.61. The van der Waals surface area contributed by atoms with Gasteiger partial charge in [-0.2, -0.15) is 5.10 Å². The zero-order chi connectivity index (χ0) is 20.1. The van der Waals surface area contributed by atoms with E-state index in [-0.39, 0.29) is 18.3 Å². The Bertz CT molecular complexity index is 993. The average Bonchev–Trinajstić information content (AvgIpc) is 3.01. The Morgan fingerprint density at radius 3 is 2.61 bits per heavy atom. The summed E-state index contributed by atoms with van der Waals surface area (Å²) >= 11 is 3.38. The fourth-order valence-corrected chi connectivity index (χ4v) is 3.10. The molecule has 1 N–H and O–H groups in total. The highest BCUT2D eigenvalue weighted by atomic mass is 79.9. The maximum Gasteiger partial charge on any atom is 0.249 e. The number of hydrogen-bond acceptors (Lipinski definition) is 2. The highest BCUT2D eigenvalue weighted by molar-refractivity contribution is 9.10. The summed E-state index contributed by atoms with van der Waals surface area (Å²) in [4.78, 5) is 12.2. The fourth-order valence-electron chi connectivity index (χ4n) is 2.69. The molecule has 3 rings (SSSR count). The van der Waals surface area contributed by atoms with Crippen LogP contribution in [-0.2, 0) is 11.3 Å². The third kappa shape index (κ3) is 5.16. The van der Waals surface area contributed by atoms with Gasteiger partial charge in [-0.1, -0.05) is 56.3 Å². The van der Waals surface area contributed by atoms with E-state index in [1.165, 1.54) is 17.7 Å². The Balaban J connectivity index is 1.64. The number of carbonyl (C=O) groups excluding carboxylic acids is 1. The summed E-state index contributed by atoms with van der Waals surface area (Å²) < 4.78 is 16.0. The first-order chi connectivity index (χ1) is 13.4. The van der Waals surface area contributed by atoms with Gasteiger partial charge in [0.05, 0.1) is 11.0 Å². The zero-order valence-corrected chi connectivity index (χ0v) is 17.3. The molecule has 3 aromatic rings. The lowest BCUT2D eigenvalue weighted by atomic mass is 10.0. The van der Waals surface area contributed by atoms with E-state index in [2.05, 4.69) is 52.3 Å². The van der Waals surface area contributed by atoms with Crippen LogP contribution >= 0.6 is 15.9 Å². The maximum absolute atomic E-state index is 13.8. The molecule has 1 heterocycles. The molecule has 0 aliphatic carbocycles. The first kappa shape index (κ1) is 20.0. The van der Waals surface area contributed by atoms with Gasteiger partial charge in [-0.05, 0) is 45.1 Å². The van der Waals surface area contributed by atoms with Gasteiger partial charge in [0.2, 0.25) is 5.91 Å². The molecule has 4 nitrogen and oxygen atoms in total. The number of benzene rings is 2. The average molecular weight is 442 g/mol. The molecule has 144 valence electrons. The molecule has 28 heavy (non-hydrogen) atoms. The number of amides is 1. The maximum atomic E-state index is 13.8. The minimum Gasteiger partial charge on any atom is -0.305 e. The molecule has 0 unspecified atom stereocenters. The summed E-state index contributed by atoms with van der Waals surface area (Å²) in [5.41, 5.74) is 2.73. The van der Waals surface area contributed by atoms with E-state index in [0.717, 1.165) is 5.56 Å². The van der Waals surface area contributed by atoms with E-state index in [1.807, 2.05) is 12.1 Å². The van der Waals surface area contributed by atoms with Gasteiger partial charge in [-0.25, -0.2) is 4.39 Å². The lowest BCUT2D eigenvalue weighted by Gasteiger charge is -2.04. The van der Waals surface area contributed by atoms with Crippen LogP contribution in [0, 0.1) is 5.82 Å². The van der Waals surface area contributed by atoms with E-state index >= 15 is 0 Å². The first-order valence-corrected chi connectivity index (χ1v) is 9.77. The van der Waals surface area contributed by atoms with Gasteiger partial charge in [-0.3, -0.25) is 9.48 Å². The topological polar surface area (TPSA) is 46.9 Å². The Labute approximate surface area is 172 Å². The number of aromatic nitrogens is 2. The van der Waals surface area contributed by atoms with Gasteiger partial charge in [0.15, 0.2) is 5.82 Å². The Morgan fingerprint density at radius 1 is 1.21 bits per heavy atom. The second-order valence-electron chi connectivity index (χ2n) is 6.76. The molecule has 0 radical (unpaired) electrons. The highest BCUT2D eigenvalue weighted by Crippen LogP contribution is 2.21. The molecule has 0 spiro atoms. The summed E-state index contributed by atoms with van der Waals surface area (Å²) in [5, 5.41) is 7.04. The van der Waals surface area contributed by atoms with Crippen molar-refractivity contribution in [2.24, 2.45) is 0 Å². The van der Waals surface area contributed by atoms with E-state index in [1.54, 1.807) is 35.2 Å². The van der Waals surface area contributed by atoms with Crippen LogP contribution in [0.3, 0.4) is 0 Å². The molecule has 1 aromatic heterocycles. The van der Waals surface area contributed by atoms with Crippen molar-refractivity contribution in [2.45, 2.75) is 26.3 Å². The molecule has 0 fully saturated rings. The van der Waals surface area contributed by atoms with Crippen molar-refractivity contribution in [3.05, 3.63) is 87.8 Å². The van der Waals surface area contributed by atoms with Crippen LogP contribution in [0.25, 0.3) is 6.08 Å². The number of nitrogens with zero attached hydrogens (tertiary/aromatic N) is 2. The summed E-state index contributed by atoms with van der Waals surface area (Å²) in [7, 11) is 0. The number of rotatable bonds is 6. The van der Waals surface area contributed by atoms with Crippen LogP contribution in [0.4, 0.5) is 10.2 Å². The molecule has 1 amide bonds. The molecule has 6 heteroatoms. The highest BCUT2D eigenvalue weighted by Gasteiger charge is 2.10. The van der Waals surface area contributed by atoms with Crippen molar-refractivity contribution in [3.63, 3.8) is 0 Å². The van der Waals surface area contributed by atoms with Crippen molar-refractivity contribution < 1.29 is 9.18 Å². The van der Waals surface area contributed by atoms with Crippen molar-refractivity contribution in [2.75, 3.05) is 5.32 Å². The second-order valence-corrected chi connectivity index (χ2v) is 7.61. The Hall–Kier alpha value is -2.73. The van der Waals surface area contributed by atoms with E-state index in [0.29, 0.717) is 21.8 Å². The van der Waals surface area contributed by atoms with E-state index in [4.69, 9.17) is 0 Å². The van der Waals surface area contributed by atoms with Crippen molar-refractivity contribution >= 4 is 33.7 Å². The van der Waals surface area contributed by atoms with Crippen LogP contribution in [0.1, 0.15) is 36.5 Å². The number of anilines is 1. The van der Waals surface area contributed by atoms with Crippen LogP contribution in [-0.4, -0.2) is 15.7 Å². The van der Waals surface area contributed by atoms with Gasteiger partial charge >= 0.3 is 0 Å². The number of hydrogen-bond donors (Lipinski definition) is 1. The van der Waals surface area contributed by atoms with Gasteiger partial charge < -0.3 is 5.32 Å². The number of halogens is 2. The molecular weight excluding hydrogens is 421 g/mol. The third-order valence-corrected chi connectivity index (χ3v) is 4.86.